The SMILES string of the molecule is CCC(CN1CCCCC1)OC=N. The zero-order valence-electron chi connectivity index (χ0n) is 8.46. The van der Waals surface area contributed by atoms with Crippen LogP contribution in [0.15, 0.2) is 0 Å². The van der Waals surface area contributed by atoms with Crippen molar-refractivity contribution in [3.8, 4) is 0 Å². The number of rotatable bonds is 5. The highest BCUT2D eigenvalue weighted by molar-refractivity contribution is 5.41. The van der Waals surface area contributed by atoms with Gasteiger partial charge in [0.1, 0.15) is 6.10 Å². The second-order valence-electron chi connectivity index (χ2n) is 3.65. The summed E-state index contributed by atoms with van der Waals surface area (Å²) in [6.07, 6.45) is 6.29. The molecular weight excluding hydrogens is 164 g/mol. The Kier molecular flexibility index (Phi) is 4.83. The van der Waals surface area contributed by atoms with E-state index in [0.29, 0.717) is 0 Å². The Hall–Kier alpha value is -0.570. The van der Waals surface area contributed by atoms with Gasteiger partial charge in [0.2, 0.25) is 0 Å². The molecule has 1 atom stereocenters. The van der Waals surface area contributed by atoms with Gasteiger partial charge in [-0.3, -0.25) is 10.3 Å². The molecule has 1 rings (SSSR count). The summed E-state index contributed by atoms with van der Waals surface area (Å²) in [7, 11) is 0. The number of nitrogens with one attached hydrogen (secondary N) is 1. The molecule has 1 aliphatic heterocycles. The Morgan fingerprint density at radius 3 is 2.62 bits per heavy atom. The molecule has 13 heavy (non-hydrogen) atoms. The monoisotopic (exact) mass is 184 g/mol. The number of hydrogen-bond donors (Lipinski definition) is 1. The number of hydrogen-bond acceptors (Lipinski definition) is 3. The van der Waals surface area contributed by atoms with Crippen LogP contribution < -0.4 is 0 Å². The molecule has 1 fully saturated rings. The van der Waals surface area contributed by atoms with Gasteiger partial charge in [0.05, 0.1) is 0 Å². The van der Waals surface area contributed by atoms with Crippen molar-refractivity contribution in [3.63, 3.8) is 0 Å². The fraction of sp³-hybridized carbons (Fsp3) is 0.900. The van der Waals surface area contributed by atoms with Crippen molar-refractivity contribution < 1.29 is 4.74 Å². The standard InChI is InChI=1S/C10H20N2O/c1-2-10(13-9-11)8-12-6-4-3-5-7-12/h9-11H,2-8H2,1H3. The first-order valence-corrected chi connectivity index (χ1v) is 5.23. The van der Waals surface area contributed by atoms with Gasteiger partial charge in [-0.05, 0) is 32.4 Å². The fourth-order valence-electron chi connectivity index (χ4n) is 1.79. The van der Waals surface area contributed by atoms with Crippen LogP contribution in [0.1, 0.15) is 32.6 Å². The maximum absolute atomic E-state index is 6.89. The van der Waals surface area contributed by atoms with Crippen molar-refractivity contribution in [1.82, 2.24) is 4.90 Å². The molecule has 0 amide bonds. The van der Waals surface area contributed by atoms with Crippen LogP contribution in [0.5, 0.6) is 0 Å². The van der Waals surface area contributed by atoms with E-state index in [1.807, 2.05) is 0 Å². The molecule has 0 radical (unpaired) electrons. The highest BCUT2D eigenvalue weighted by atomic mass is 16.5. The lowest BCUT2D eigenvalue weighted by Gasteiger charge is -2.29. The van der Waals surface area contributed by atoms with Crippen LogP contribution in [0.4, 0.5) is 0 Å². The van der Waals surface area contributed by atoms with E-state index in [2.05, 4.69) is 11.8 Å². The molecule has 1 N–H and O–H groups in total. The van der Waals surface area contributed by atoms with Crippen molar-refractivity contribution >= 4 is 6.40 Å². The van der Waals surface area contributed by atoms with Crippen molar-refractivity contribution in [2.24, 2.45) is 0 Å². The third-order valence-corrected chi connectivity index (χ3v) is 2.63. The Morgan fingerprint density at radius 1 is 1.38 bits per heavy atom. The van der Waals surface area contributed by atoms with Gasteiger partial charge in [-0.2, -0.15) is 0 Å². The van der Waals surface area contributed by atoms with E-state index in [9.17, 15) is 0 Å². The van der Waals surface area contributed by atoms with Crippen molar-refractivity contribution in [3.05, 3.63) is 0 Å². The summed E-state index contributed by atoms with van der Waals surface area (Å²) < 4.78 is 5.19. The lowest BCUT2D eigenvalue weighted by Crippen LogP contribution is -2.37. The number of piperidine rings is 1. The average molecular weight is 184 g/mol. The first kappa shape index (κ1) is 10.5. The fourth-order valence-corrected chi connectivity index (χ4v) is 1.79. The molecule has 76 valence electrons. The molecule has 0 bridgehead atoms. The second kappa shape index (κ2) is 5.97. The minimum Gasteiger partial charge on any atom is -0.479 e. The number of nitrogens with zero attached hydrogens (tertiary/aromatic N) is 1. The molecule has 0 spiro atoms. The largest absolute Gasteiger partial charge is 0.479 e. The van der Waals surface area contributed by atoms with Gasteiger partial charge in [-0.15, -0.1) is 0 Å². The first-order chi connectivity index (χ1) is 6.36. The van der Waals surface area contributed by atoms with Crippen LogP contribution >= 0.6 is 0 Å². The molecule has 3 nitrogen and oxygen atoms in total. The molecular formula is C10H20N2O. The van der Waals surface area contributed by atoms with Crippen LogP contribution in [-0.2, 0) is 4.74 Å². The van der Waals surface area contributed by atoms with E-state index in [0.717, 1.165) is 19.4 Å². The van der Waals surface area contributed by atoms with Gasteiger partial charge in [0.15, 0.2) is 6.40 Å². The van der Waals surface area contributed by atoms with Crippen molar-refractivity contribution in [1.29, 1.82) is 5.41 Å². The van der Waals surface area contributed by atoms with Crippen LogP contribution in [0.25, 0.3) is 0 Å². The van der Waals surface area contributed by atoms with Crippen LogP contribution in [-0.4, -0.2) is 37.0 Å². The summed E-state index contributed by atoms with van der Waals surface area (Å²) in [5, 5.41) is 6.89. The van der Waals surface area contributed by atoms with Crippen LogP contribution in [0, 0.1) is 5.41 Å². The summed E-state index contributed by atoms with van der Waals surface area (Å²) in [5.41, 5.74) is 0. The Morgan fingerprint density at radius 2 is 2.08 bits per heavy atom. The molecule has 0 aromatic heterocycles. The highest BCUT2D eigenvalue weighted by Gasteiger charge is 2.15. The third kappa shape index (κ3) is 3.77. The molecule has 1 saturated heterocycles. The maximum atomic E-state index is 6.89. The van der Waals surface area contributed by atoms with Gasteiger partial charge in [-0.1, -0.05) is 13.3 Å². The highest BCUT2D eigenvalue weighted by Crippen LogP contribution is 2.10. The molecule has 3 heteroatoms. The Balaban J connectivity index is 2.22. The summed E-state index contributed by atoms with van der Waals surface area (Å²) in [6, 6.07) is 0. The third-order valence-electron chi connectivity index (χ3n) is 2.63. The molecule has 1 heterocycles. The normalized spacial score (nSPS) is 21.0. The predicted octanol–water partition coefficient (Wildman–Crippen LogP) is 1.87. The van der Waals surface area contributed by atoms with Crippen molar-refractivity contribution in [2.45, 2.75) is 38.7 Å². The maximum Gasteiger partial charge on any atom is 0.167 e. The zero-order valence-corrected chi connectivity index (χ0v) is 8.46. The van der Waals surface area contributed by atoms with E-state index >= 15 is 0 Å². The van der Waals surface area contributed by atoms with E-state index in [-0.39, 0.29) is 6.10 Å². The van der Waals surface area contributed by atoms with Gasteiger partial charge in [0, 0.05) is 6.54 Å². The Bertz CT molecular complexity index is 144. The summed E-state index contributed by atoms with van der Waals surface area (Å²) >= 11 is 0. The van der Waals surface area contributed by atoms with Gasteiger partial charge in [-0.25, -0.2) is 0 Å². The van der Waals surface area contributed by atoms with E-state index in [1.165, 1.54) is 32.4 Å². The lowest BCUT2D eigenvalue weighted by molar-refractivity contribution is 0.112. The van der Waals surface area contributed by atoms with E-state index in [4.69, 9.17) is 10.1 Å². The van der Waals surface area contributed by atoms with E-state index in [1.54, 1.807) is 0 Å². The minimum absolute atomic E-state index is 0.218. The van der Waals surface area contributed by atoms with E-state index < -0.39 is 0 Å². The molecule has 0 aliphatic carbocycles. The number of ether oxygens (including phenoxy) is 1. The molecule has 1 unspecified atom stereocenters. The van der Waals surface area contributed by atoms with Gasteiger partial charge >= 0.3 is 0 Å². The summed E-state index contributed by atoms with van der Waals surface area (Å²) in [5.74, 6) is 0. The number of likely N-dealkylation sites (tertiary alicyclic amines) is 1. The molecule has 1 aliphatic rings. The van der Waals surface area contributed by atoms with Crippen LogP contribution in [0.3, 0.4) is 0 Å². The predicted molar refractivity (Wildman–Crippen MR) is 54.2 cm³/mol. The average Bonchev–Trinajstić information content (AvgIpc) is 2.19. The summed E-state index contributed by atoms with van der Waals surface area (Å²) in [4.78, 5) is 2.45. The smallest absolute Gasteiger partial charge is 0.167 e. The van der Waals surface area contributed by atoms with Crippen molar-refractivity contribution in [2.75, 3.05) is 19.6 Å². The van der Waals surface area contributed by atoms with Gasteiger partial charge < -0.3 is 4.74 Å². The minimum atomic E-state index is 0.218. The molecule has 0 aromatic carbocycles. The molecule has 0 saturated carbocycles. The molecule has 0 aromatic rings. The zero-order chi connectivity index (χ0) is 9.52. The van der Waals surface area contributed by atoms with Gasteiger partial charge in [0.25, 0.3) is 0 Å². The quantitative estimate of drug-likeness (QED) is 0.523. The summed E-state index contributed by atoms with van der Waals surface area (Å²) in [6.45, 7) is 5.51. The lowest BCUT2D eigenvalue weighted by atomic mass is 10.1. The second-order valence-corrected chi connectivity index (χ2v) is 3.65. The Labute approximate surface area is 80.6 Å². The topological polar surface area (TPSA) is 36.3 Å². The van der Waals surface area contributed by atoms with Crippen LogP contribution in [0.2, 0.25) is 0 Å². The first-order valence-electron chi connectivity index (χ1n) is 5.23.